The van der Waals surface area contributed by atoms with Crippen molar-refractivity contribution in [2.24, 2.45) is 0 Å². The summed E-state index contributed by atoms with van der Waals surface area (Å²) in [6.07, 6.45) is 2.24. The van der Waals surface area contributed by atoms with Crippen LogP contribution < -0.4 is 5.32 Å². The van der Waals surface area contributed by atoms with Crippen LogP contribution in [0.5, 0.6) is 0 Å². The third-order valence-corrected chi connectivity index (χ3v) is 3.97. The fourth-order valence-electron chi connectivity index (χ4n) is 2.67. The highest BCUT2D eigenvalue weighted by molar-refractivity contribution is 5.94. The number of amides is 1. The molecule has 20 heavy (non-hydrogen) atoms. The van der Waals surface area contributed by atoms with Crippen LogP contribution in [-0.2, 0) is 5.41 Å². The Morgan fingerprint density at radius 2 is 1.90 bits per heavy atom. The first-order chi connectivity index (χ1) is 9.36. The van der Waals surface area contributed by atoms with Crippen LogP contribution in [0.25, 0.3) is 0 Å². The summed E-state index contributed by atoms with van der Waals surface area (Å²) in [5.41, 5.74) is 2.14. The highest BCUT2D eigenvalue weighted by Crippen LogP contribution is 2.22. The van der Waals surface area contributed by atoms with Gasteiger partial charge in [-0.25, -0.2) is 0 Å². The zero-order chi connectivity index (χ0) is 14.8. The summed E-state index contributed by atoms with van der Waals surface area (Å²) in [4.78, 5) is 14.5. The highest BCUT2D eigenvalue weighted by atomic mass is 16.1. The number of likely N-dealkylation sites (N-methyl/N-ethyl adjacent to an activating group) is 1. The number of nitrogens with one attached hydrogen (secondary N) is 1. The van der Waals surface area contributed by atoms with Crippen molar-refractivity contribution in [3.63, 3.8) is 0 Å². The Kier molecular flexibility index (Phi) is 4.48. The van der Waals surface area contributed by atoms with E-state index in [0.717, 1.165) is 31.5 Å². The van der Waals surface area contributed by atoms with Gasteiger partial charge in [-0.1, -0.05) is 32.9 Å². The van der Waals surface area contributed by atoms with Gasteiger partial charge < -0.3 is 10.2 Å². The van der Waals surface area contributed by atoms with Gasteiger partial charge in [-0.05, 0) is 49.5 Å². The van der Waals surface area contributed by atoms with E-state index < -0.39 is 0 Å². The van der Waals surface area contributed by atoms with E-state index in [2.05, 4.69) is 50.2 Å². The van der Waals surface area contributed by atoms with Crippen molar-refractivity contribution in [1.82, 2.24) is 10.2 Å². The Labute approximate surface area is 122 Å². The van der Waals surface area contributed by atoms with Crippen LogP contribution in [0, 0.1) is 0 Å². The molecule has 0 aliphatic carbocycles. The van der Waals surface area contributed by atoms with Gasteiger partial charge in [0, 0.05) is 18.2 Å². The fraction of sp³-hybridized carbons (Fsp3) is 0.588. The van der Waals surface area contributed by atoms with E-state index in [-0.39, 0.29) is 17.4 Å². The summed E-state index contributed by atoms with van der Waals surface area (Å²) in [7, 11) is 2.11. The molecule has 110 valence electrons. The molecule has 1 aromatic rings. The van der Waals surface area contributed by atoms with Gasteiger partial charge in [0.1, 0.15) is 0 Å². The fourth-order valence-corrected chi connectivity index (χ4v) is 2.67. The van der Waals surface area contributed by atoms with Crippen molar-refractivity contribution in [3.8, 4) is 0 Å². The zero-order valence-electron chi connectivity index (χ0n) is 13.1. The molecule has 2 rings (SSSR count). The van der Waals surface area contributed by atoms with E-state index in [1.54, 1.807) is 0 Å². The van der Waals surface area contributed by atoms with Crippen LogP contribution in [-0.4, -0.2) is 37.0 Å². The lowest BCUT2D eigenvalue weighted by atomic mass is 9.86. The van der Waals surface area contributed by atoms with E-state index in [1.807, 2.05) is 12.1 Å². The Morgan fingerprint density at radius 1 is 1.25 bits per heavy atom. The summed E-state index contributed by atoms with van der Waals surface area (Å²) in [6.45, 7) is 8.62. The number of piperidine rings is 1. The first-order valence-corrected chi connectivity index (χ1v) is 7.46. The van der Waals surface area contributed by atoms with Gasteiger partial charge in [0.2, 0.25) is 0 Å². The van der Waals surface area contributed by atoms with Crippen molar-refractivity contribution in [2.45, 2.75) is 45.1 Å². The topological polar surface area (TPSA) is 32.3 Å². The van der Waals surface area contributed by atoms with E-state index in [1.165, 1.54) is 5.56 Å². The van der Waals surface area contributed by atoms with Crippen molar-refractivity contribution in [2.75, 3.05) is 20.1 Å². The smallest absolute Gasteiger partial charge is 0.251 e. The Bertz CT molecular complexity index is 459. The normalized spacial score (nSPS) is 20.7. The van der Waals surface area contributed by atoms with E-state index >= 15 is 0 Å². The van der Waals surface area contributed by atoms with Crippen LogP contribution >= 0.6 is 0 Å². The first kappa shape index (κ1) is 15.0. The molecule has 0 spiro atoms. The summed E-state index contributed by atoms with van der Waals surface area (Å²) >= 11 is 0. The van der Waals surface area contributed by atoms with Gasteiger partial charge in [0.05, 0.1) is 0 Å². The lowest BCUT2D eigenvalue weighted by Crippen LogP contribution is -2.46. The van der Waals surface area contributed by atoms with E-state index in [9.17, 15) is 4.79 Å². The predicted octanol–water partition coefficient (Wildman–Crippen LogP) is 2.81. The lowest BCUT2D eigenvalue weighted by molar-refractivity contribution is 0.0912. The predicted molar refractivity (Wildman–Crippen MR) is 83.1 cm³/mol. The summed E-state index contributed by atoms with van der Waals surface area (Å²) < 4.78 is 0. The quantitative estimate of drug-likeness (QED) is 0.899. The molecule has 0 aromatic heterocycles. The molecule has 1 aromatic carbocycles. The summed E-state index contributed by atoms with van der Waals surface area (Å²) in [5.74, 6) is 0.0470. The van der Waals surface area contributed by atoms with Crippen molar-refractivity contribution in [3.05, 3.63) is 35.4 Å². The Hall–Kier alpha value is -1.35. The molecule has 1 atom stereocenters. The molecule has 1 unspecified atom stereocenters. The van der Waals surface area contributed by atoms with Gasteiger partial charge in [-0.3, -0.25) is 4.79 Å². The molecule has 3 nitrogen and oxygen atoms in total. The molecule has 1 heterocycles. The van der Waals surface area contributed by atoms with Gasteiger partial charge >= 0.3 is 0 Å². The van der Waals surface area contributed by atoms with Crippen molar-refractivity contribution < 1.29 is 4.79 Å². The van der Waals surface area contributed by atoms with Crippen LogP contribution in [0.3, 0.4) is 0 Å². The van der Waals surface area contributed by atoms with Crippen LogP contribution in [0.1, 0.15) is 49.5 Å². The maximum atomic E-state index is 12.3. The third kappa shape index (κ3) is 3.83. The van der Waals surface area contributed by atoms with Crippen molar-refractivity contribution >= 4 is 5.91 Å². The molecule has 0 bridgehead atoms. The minimum atomic E-state index is 0.0470. The highest BCUT2D eigenvalue weighted by Gasteiger charge is 2.20. The van der Waals surface area contributed by atoms with E-state index in [4.69, 9.17) is 0 Å². The van der Waals surface area contributed by atoms with Crippen LogP contribution in [0.15, 0.2) is 24.3 Å². The number of likely N-dealkylation sites (tertiary alicyclic amines) is 1. The molecule has 3 heteroatoms. The van der Waals surface area contributed by atoms with Gasteiger partial charge in [-0.15, -0.1) is 0 Å². The van der Waals surface area contributed by atoms with Gasteiger partial charge in [0.15, 0.2) is 0 Å². The molecule has 1 aliphatic rings. The second-order valence-electron chi connectivity index (χ2n) is 6.90. The molecule has 1 aliphatic heterocycles. The molecule has 1 amide bonds. The number of hydrogen-bond donors (Lipinski definition) is 1. The molecule has 1 fully saturated rings. The number of rotatable bonds is 2. The Morgan fingerprint density at radius 3 is 2.45 bits per heavy atom. The van der Waals surface area contributed by atoms with Gasteiger partial charge in [0.25, 0.3) is 5.91 Å². The molecular weight excluding hydrogens is 248 g/mol. The first-order valence-electron chi connectivity index (χ1n) is 7.46. The molecular formula is C17H26N2O. The number of hydrogen-bond acceptors (Lipinski definition) is 2. The summed E-state index contributed by atoms with van der Waals surface area (Å²) in [5, 5.41) is 3.14. The van der Waals surface area contributed by atoms with Crippen LogP contribution in [0.4, 0.5) is 0 Å². The maximum Gasteiger partial charge on any atom is 0.251 e. The largest absolute Gasteiger partial charge is 0.348 e. The monoisotopic (exact) mass is 274 g/mol. The standard InChI is InChI=1S/C17H26N2O/c1-17(2,3)14-9-7-13(8-10-14)16(20)18-15-6-5-11-19(4)12-15/h7-10,15H,5-6,11-12H2,1-4H3,(H,18,20). The zero-order valence-corrected chi connectivity index (χ0v) is 13.1. The number of carbonyl (C=O) groups is 1. The minimum absolute atomic E-state index is 0.0470. The number of nitrogens with zero attached hydrogens (tertiary/aromatic N) is 1. The second kappa shape index (κ2) is 5.96. The van der Waals surface area contributed by atoms with Gasteiger partial charge in [-0.2, -0.15) is 0 Å². The lowest BCUT2D eigenvalue weighted by Gasteiger charge is -2.30. The SMILES string of the molecule is CN1CCCC(NC(=O)c2ccc(C(C)(C)C)cc2)C1. The number of benzene rings is 1. The average Bonchev–Trinajstić information content (AvgIpc) is 2.38. The molecule has 0 radical (unpaired) electrons. The third-order valence-electron chi connectivity index (χ3n) is 3.97. The van der Waals surface area contributed by atoms with Crippen LogP contribution in [0.2, 0.25) is 0 Å². The number of carbonyl (C=O) groups excluding carboxylic acids is 1. The summed E-state index contributed by atoms with van der Waals surface area (Å²) in [6, 6.07) is 8.26. The van der Waals surface area contributed by atoms with E-state index in [0.29, 0.717) is 0 Å². The second-order valence-corrected chi connectivity index (χ2v) is 6.90. The average molecular weight is 274 g/mol. The molecule has 1 N–H and O–H groups in total. The maximum absolute atomic E-state index is 12.3. The van der Waals surface area contributed by atoms with Crippen molar-refractivity contribution in [1.29, 1.82) is 0 Å². The minimum Gasteiger partial charge on any atom is -0.348 e. The molecule has 1 saturated heterocycles. The Balaban J connectivity index is 1.99. The molecule has 0 saturated carbocycles.